The van der Waals surface area contributed by atoms with E-state index in [9.17, 15) is 10.1 Å². The molecule has 3 aromatic rings. The Morgan fingerprint density at radius 2 is 2.13 bits per heavy atom. The van der Waals surface area contributed by atoms with Gasteiger partial charge in [0.2, 0.25) is 5.95 Å². The van der Waals surface area contributed by atoms with Crippen LogP contribution in [-0.2, 0) is 0 Å². The number of anilines is 1. The van der Waals surface area contributed by atoms with E-state index >= 15 is 0 Å². The molecule has 5 N–H and O–H groups in total. The summed E-state index contributed by atoms with van der Waals surface area (Å²) in [6, 6.07) is 6.79. The van der Waals surface area contributed by atoms with Crippen LogP contribution in [0.3, 0.4) is 0 Å². The molecule has 11 nitrogen and oxygen atoms in total. The number of hydrogen-bond donors (Lipinski definition) is 3. The number of hydrogen-bond acceptors (Lipinski definition) is 9. The van der Waals surface area contributed by atoms with Gasteiger partial charge in [0.1, 0.15) is 12.2 Å². The molecule has 0 radical (unpaired) electrons. The third-order valence-electron chi connectivity index (χ3n) is 4.97. The largest absolute Gasteiger partial charge is 0.384 e. The maximum absolute atomic E-state index is 11.8. The summed E-state index contributed by atoms with van der Waals surface area (Å²) in [7, 11) is 0. The molecule has 0 aliphatic carbocycles. The Morgan fingerprint density at radius 1 is 1.32 bits per heavy atom. The molecule has 1 aliphatic rings. The lowest BCUT2D eigenvalue weighted by atomic mass is 9.90. The average Bonchev–Trinajstić information content (AvgIpc) is 3.18. The van der Waals surface area contributed by atoms with E-state index in [1.165, 1.54) is 23.0 Å². The Labute approximate surface area is 185 Å². The molecule has 13 heteroatoms. The number of rotatable bonds is 6. The predicted octanol–water partition coefficient (Wildman–Crippen LogP) is 2.13. The highest BCUT2D eigenvalue weighted by molar-refractivity contribution is 6.36. The Balaban J connectivity index is 1.62. The Kier molecular flexibility index (Phi) is 5.48. The summed E-state index contributed by atoms with van der Waals surface area (Å²) in [5.41, 5.74) is 11.7. The topological polar surface area (TPSA) is 163 Å². The van der Waals surface area contributed by atoms with Crippen molar-refractivity contribution < 1.29 is 4.92 Å². The van der Waals surface area contributed by atoms with Gasteiger partial charge >= 0.3 is 0 Å². The molecule has 0 bridgehead atoms. The van der Waals surface area contributed by atoms with Crippen molar-refractivity contribution in [2.45, 2.75) is 18.1 Å². The summed E-state index contributed by atoms with van der Waals surface area (Å²) < 4.78 is 1.49. The second kappa shape index (κ2) is 8.10. The molecule has 2 aromatic heterocycles. The van der Waals surface area contributed by atoms with Gasteiger partial charge in [-0.15, -0.1) is 0 Å². The van der Waals surface area contributed by atoms with Crippen LogP contribution < -0.4 is 16.8 Å². The minimum Gasteiger partial charge on any atom is -0.384 e. The molecule has 0 saturated carbocycles. The van der Waals surface area contributed by atoms with Gasteiger partial charge in [0, 0.05) is 34.5 Å². The van der Waals surface area contributed by atoms with Gasteiger partial charge in [-0.2, -0.15) is 9.61 Å². The molecule has 31 heavy (non-hydrogen) atoms. The van der Waals surface area contributed by atoms with Gasteiger partial charge in [-0.05, 0) is 30.4 Å². The third kappa shape index (κ3) is 3.90. The van der Waals surface area contributed by atoms with E-state index in [-0.39, 0.29) is 18.8 Å². The summed E-state index contributed by atoms with van der Waals surface area (Å²) in [5.74, 6) is 0.488. The average molecular weight is 462 g/mol. The third-order valence-corrected chi connectivity index (χ3v) is 5.51. The number of nitrogens with two attached hydrogens (primary N) is 2. The first-order chi connectivity index (χ1) is 14.8. The second-order valence-corrected chi connectivity index (χ2v) is 7.72. The van der Waals surface area contributed by atoms with Crippen molar-refractivity contribution in [2.75, 3.05) is 11.9 Å². The second-order valence-electron chi connectivity index (χ2n) is 6.88. The highest BCUT2D eigenvalue weighted by Gasteiger charge is 2.48. The molecule has 1 aromatic carbocycles. The predicted molar refractivity (Wildman–Crippen MR) is 118 cm³/mol. The minimum absolute atomic E-state index is 0.0399. The molecule has 0 saturated heterocycles. The fraction of sp³-hybridized carbons (Fsp3) is 0.222. The van der Waals surface area contributed by atoms with E-state index in [1.54, 1.807) is 24.3 Å². The first kappa shape index (κ1) is 21.0. The van der Waals surface area contributed by atoms with Crippen LogP contribution in [-0.4, -0.2) is 48.6 Å². The van der Waals surface area contributed by atoms with E-state index < -0.39 is 16.6 Å². The Bertz CT molecular complexity index is 1230. The van der Waals surface area contributed by atoms with Crippen LogP contribution in [0.25, 0.3) is 16.9 Å². The van der Waals surface area contributed by atoms with Crippen LogP contribution >= 0.6 is 23.2 Å². The van der Waals surface area contributed by atoms with Gasteiger partial charge in [0.25, 0.3) is 5.54 Å². The summed E-state index contributed by atoms with van der Waals surface area (Å²) in [6.07, 6.45) is 3.09. The summed E-state index contributed by atoms with van der Waals surface area (Å²) >= 11 is 12.3. The van der Waals surface area contributed by atoms with Crippen LogP contribution in [0.5, 0.6) is 0 Å². The molecule has 160 valence electrons. The summed E-state index contributed by atoms with van der Waals surface area (Å²) in [4.78, 5) is 24.0. The normalized spacial score (nSPS) is 20.6. The number of fused-ring (bicyclic) bond motifs is 1. The first-order valence-electron chi connectivity index (χ1n) is 9.13. The van der Waals surface area contributed by atoms with Crippen LogP contribution in [0.1, 0.15) is 6.42 Å². The van der Waals surface area contributed by atoms with Crippen LogP contribution in [0, 0.1) is 10.1 Å². The number of aliphatic imine (C=N–C) groups is 1. The number of nitrogens with one attached hydrogen (secondary N) is 1. The van der Waals surface area contributed by atoms with Gasteiger partial charge in [-0.3, -0.25) is 10.1 Å². The van der Waals surface area contributed by atoms with Gasteiger partial charge in [0.05, 0.1) is 10.7 Å². The SMILES string of the molecule is NC1=NC(N)C(CCNc2nc(-c3ccc(Cl)cc3Cl)cc3ncnn23)([N+](=O)[O-])C=C1. The molecule has 2 unspecified atom stereocenters. The molecule has 4 rings (SSSR count). The van der Waals surface area contributed by atoms with E-state index in [0.29, 0.717) is 32.9 Å². The molecule has 0 spiro atoms. The lowest BCUT2D eigenvalue weighted by Crippen LogP contribution is -2.54. The first-order valence-corrected chi connectivity index (χ1v) is 9.88. The summed E-state index contributed by atoms with van der Waals surface area (Å²) in [6.45, 7) is 0.161. The van der Waals surface area contributed by atoms with Gasteiger partial charge in [-0.1, -0.05) is 23.2 Å². The molecule has 0 amide bonds. The highest BCUT2D eigenvalue weighted by Crippen LogP contribution is 2.31. The molecular formula is C18H17Cl2N9O2. The van der Waals surface area contributed by atoms with Crippen molar-refractivity contribution in [1.29, 1.82) is 0 Å². The Hall–Kier alpha value is -3.28. The van der Waals surface area contributed by atoms with Crippen molar-refractivity contribution >= 4 is 40.6 Å². The fourth-order valence-electron chi connectivity index (χ4n) is 3.29. The zero-order valence-electron chi connectivity index (χ0n) is 15.9. The number of halogens is 2. The summed E-state index contributed by atoms with van der Waals surface area (Å²) in [5, 5.41) is 19.9. The lowest BCUT2D eigenvalue weighted by Gasteiger charge is -2.28. The molecule has 2 atom stereocenters. The van der Waals surface area contributed by atoms with Crippen molar-refractivity contribution in [1.82, 2.24) is 19.6 Å². The van der Waals surface area contributed by atoms with E-state index in [4.69, 9.17) is 34.7 Å². The maximum Gasteiger partial charge on any atom is 0.277 e. The lowest BCUT2D eigenvalue weighted by molar-refractivity contribution is -0.559. The number of benzene rings is 1. The molecule has 3 heterocycles. The van der Waals surface area contributed by atoms with E-state index in [2.05, 4.69) is 25.4 Å². The van der Waals surface area contributed by atoms with Gasteiger partial charge in [0.15, 0.2) is 11.8 Å². The van der Waals surface area contributed by atoms with Crippen molar-refractivity contribution in [3.8, 4) is 11.3 Å². The molecular weight excluding hydrogens is 445 g/mol. The number of nitrogens with zero attached hydrogens (tertiary/aromatic N) is 6. The highest BCUT2D eigenvalue weighted by atomic mass is 35.5. The molecule has 0 fully saturated rings. The zero-order valence-corrected chi connectivity index (χ0v) is 17.5. The maximum atomic E-state index is 11.8. The fourth-order valence-corrected chi connectivity index (χ4v) is 3.79. The number of aromatic nitrogens is 4. The van der Waals surface area contributed by atoms with Crippen LogP contribution in [0.2, 0.25) is 10.0 Å². The van der Waals surface area contributed by atoms with E-state index in [1.807, 2.05) is 0 Å². The standard InChI is InChI=1S/C18H17Cl2N9O2/c19-10-1-2-11(12(20)7-10)13-8-15-24-9-25-28(15)17(26-13)23-6-5-18(29(30)31)4-3-14(21)27-16(18)22/h1-4,7-9,16H,5-6,22H2,(H2,21,27)(H,23,26). The number of nitro groups is 1. The van der Waals surface area contributed by atoms with Crippen molar-refractivity contribution in [3.05, 3.63) is 62.9 Å². The quantitative estimate of drug-likeness (QED) is 0.371. The van der Waals surface area contributed by atoms with Crippen LogP contribution in [0.15, 0.2) is 47.7 Å². The van der Waals surface area contributed by atoms with Crippen LogP contribution in [0.4, 0.5) is 5.95 Å². The number of amidine groups is 1. The van der Waals surface area contributed by atoms with Crippen molar-refractivity contribution in [3.63, 3.8) is 0 Å². The molecule has 1 aliphatic heterocycles. The number of dihydropyridines is 1. The van der Waals surface area contributed by atoms with E-state index in [0.717, 1.165) is 0 Å². The smallest absolute Gasteiger partial charge is 0.277 e. The van der Waals surface area contributed by atoms with Gasteiger partial charge in [-0.25, -0.2) is 15.0 Å². The Morgan fingerprint density at radius 3 is 2.84 bits per heavy atom. The monoisotopic (exact) mass is 461 g/mol. The zero-order chi connectivity index (χ0) is 22.2. The van der Waals surface area contributed by atoms with Crippen molar-refractivity contribution in [2.24, 2.45) is 16.5 Å². The van der Waals surface area contributed by atoms with Gasteiger partial charge < -0.3 is 16.8 Å². The minimum atomic E-state index is -1.59.